The van der Waals surface area contributed by atoms with Crippen molar-refractivity contribution in [3.8, 4) is 0 Å². The molecule has 0 heterocycles. The molecular formula is C26H25ClN2O4. The molecule has 170 valence electrons. The molecule has 3 aromatic carbocycles. The van der Waals surface area contributed by atoms with E-state index in [9.17, 15) is 14.4 Å². The molecule has 0 aliphatic rings. The lowest BCUT2D eigenvalue weighted by Gasteiger charge is -2.20. The van der Waals surface area contributed by atoms with Crippen molar-refractivity contribution in [1.82, 2.24) is 10.6 Å². The van der Waals surface area contributed by atoms with Gasteiger partial charge in [-0.25, -0.2) is 0 Å². The molecule has 2 N–H and O–H groups in total. The third-order valence-corrected chi connectivity index (χ3v) is 5.14. The molecule has 0 aliphatic heterocycles. The third kappa shape index (κ3) is 7.77. The Hall–Kier alpha value is -3.64. The number of halogens is 1. The highest BCUT2D eigenvalue weighted by Crippen LogP contribution is 2.21. The van der Waals surface area contributed by atoms with E-state index in [4.69, 9.17) is 16.3 Å². The highest BCUT2D eigenvalue weighted by atomic mass is 35.5. The van der Waals surface area contributed by atoms with Gasteiger partial charge in [-0.05, 0) is 41.8 Å². The average molecular weight is 465 g/mol. The standard InChI is InChI=1S/C26H25ClN2O4/c27-22-15-13-21(14-16-22)26(32)28-17-7-12-24(31)33-18-23(30)29-25(19-8-3-1-4-9-19)20-10-5-2-6-11-20/h1-6,8-11,13-16,25H,7,12,17-18H2,(H,28,32)(H,29,30). The second kappa shape index (κ2) is 12.4. The Morgan fingerprint density at radius 2 is 1.39 bits per heavy atom. The van der Waals surface area contributed by atoms with Crippen molar-refractivity contribution in [2.24, 2.45) is 0 Å². The highest BCUT2D eigenvalue weighted by molar-refractivity contribution is 6.30. The lowest BCUT2D eigenvalue weighted by Crippen LogP contribution is -2.33. The van der Waals surface area contributed by atoms with Crippen LogP contribution in [-0.2, 0) is 14.3 Å². The number of ether oxygens (including phenoxy) is 1. The Bertz CT molecular complexity index is 1020. The molecule has 0 saturated carbocycles. The summed E-state index contributed by atoms with van der Waals surface area (Å²) in [5, 5.41) is 6.21. The van der Waals surface area contributed by atoms with E-state index in [0.717, 1.165) is 11.1 Å². The first-order valence-electron chi connectivity index (χ1n) is 10.6. The van der Waals surface area contributed by atoms with E-state index in [1.165, 1.54) is 0 Å². The third-order valence-electron chi connectivity index (χ3n) is 4.89. The first-order valence-corrected chi connectivity index (χ1v) is 11.0. The summed E-state index contributed by atoms with van der Waals surface area (Å²) in [5.74, 6) is -1.13. The number of carbonyl (C=O) groups is 3. The monoisotopic (exact) mass is 464 g/mol. The van der Waals surface area contributed by atoms with Gasteiger partial charge < -0.3 is 15.4 Å². The molecule has 0 bridgehead atoms. The van der Waals surface area contributed by atoms with Crippen molar-refractivity contribution in [1.29, 1.82) is 0 Å². The van der Waals surface area contributed by atoms with E-state index in [1.54, 1.807) is 24.3 Å². The Morgan fingerprint density at radius 3 is 1.97 bits per heavy atom. The maximum atomic E-state index is 12.4. The Balaban J connectivity index is 1.41. The minimum atomic E-state index is -0.498. The van der Waals surface area contributed by atoms with Gasteiger partial charge in [0.15, 0.2) is 6.61 Å². The number of rotatable bonds is 10. The Labute approximate surface area is 197 Å². The van der Waals surface area contributed by atoms with E-state index in [-0.39, 0.29) is 25.0 Å². The molecule has 7 heteroatoms. The molecule has 0 aliphatic carbocycles. The van der Waals surface area contributed by atoms with Crippen LogP contribution in [0.15, 0.2) is 84.9 Å². The van der Waals surface area contributed by atoms with Gasteiger partial charge in [-0.1, -0.05) is 72.3 Å². The summed E-state index contributed by atoms with van der Waals surface area (Å²) in [6.45, 7) is -0.0566. The van der Waals surface area contributed by atoms with E-state index in [2.05, 4.69) is 10.6 Å². The number of nitrogens with one attached hydrogen (secondary N) is 2. The Morgan fingerprint density at radius 1 is 0.818 bits per heavy atom. The molecule has 6 nitrogen and oxygen atoms in total. The molecule has 3 aromatic rings. The van der Waals surface area contributed by atoms with Crippen molar-refractivity contribution in [2.75, 3.05) is 13.2 Å². The average Bonchev–Trinajstić information content (AvgIpc) is 2.85. The van der Waals surface area contributed by atoms with Crippen LogP contribution in [0.1, 0.15) is 40.4 Å². The first-order chi connectivity index (χ1) is 16.0. The van der Waals surface area contributed by atoms with Crippen LogP contribution in [-0.4, -0.2) is 30.9 Å². The lowest BCUT2D eigenvalue weighted by molar-refractivity contribution is -0.148. The fourth-order valence-corrected chi connectivity index (χ4v) is 3.33. The molecule has 2 amide bonds. The topological polar surface area (TPSA) is 84.5 Å². The largest absolute Gasteiger partial charge is 0.456 e. The summed E-state index contributed by atoms with van der Waals surface area (Å²) in [6.07, 6.45) is 0.491. The number of carbonyl (C=O) groups excluding carboxylic acids is 3. The molecule has 0 spiro atoms. The fourth-order valence-electron chi connectivity index (χ4n) is 3.21. The first kappa shape index (κ1) is 24.0. The number of esters is 1. The van der Waals surface area contributed by atoms with E-state index < -0.39 is 11.9 Å². The van der Waals surface area contributed by atoms with Gasteiger partial charge in [0.05, 0.1) is 6.04 Å². The van der Waals surface area contributed by atoms with Crippen molar-refractivity contribution < 1.29 is 19.1 Å². The van der Waals surface area contributed by atoms with Gasteiger partial charge in [-0.2, -0.15) is 0 Å². The summed E-state index contributed by atoms with van der Waals surface area (Å²) < 4.78 is 5.10. The lowest BCUT2D eigenvalue weighted by atomic mass is 9.99. The van der Waals surface area contributed by atoms with Crippen LogP contribution in [0.25, 0.3) is 0 Å². The zero-order chi connectivity index (χ0) is 23.5. The summed E-state index contributed by atoms with van der Waals surface area (Å²) >= 11 is 5.81. The van der Waals surface area contributed by atoms with Crippen LogP contribution < -0.4 is 10.6 Å². The molecule has 33 heavy (non-hydrogen) atoms. The number of benzene rings is 3. The van der Waals surface area contributed by atoms with Crippen LogP contribution in [0.3, 0.4) is 0 Å². The predicted octanol–water partition coefficient (Wildman–Crippen LogP) is 4.30. The normalized spacial score (nSPS) is 10.5. The van der Waals surface area contributed by atoms with E-state index >= 15 is 0 Å². The summed E-state index contributed by atoms with van der Waals surface area (Å²) in [6, 6.07) is 25.4. The van der Waals surface area contributed by atoms with E-state index in [1.807, 2.05) is 60.7 Å². The van der Waals surface area contributed by atoms with Crippen LogP contribution in [0.2, 0.25) is 5.02 Å². The number of amides is 2. The predicted molar refractivity (Wildman–Crippen MR) is 127 cm³/mol. The summed E-state index contributed by atoms with van der Waals surface area (Å²) in [7, 11) is 0. The van der Waals surface area contributed by atoms with Crippen molar-refractivity contribution in [3.63, 3.8) is 0 Å². The zero-order valence-electron chi connectivity index (χ0n) is 18.0. The summed E-state index contributed by atoms with van der Waals surface area (Å²) in [5.41, 5.74) is 2.35. The quantitative estimate of drug-likeness (QED) is 0.346. The maximum Gasteiger partial charge on any atom is 0.306 e. The number of hydrogen-bond acceptors (Lipinski definition) is 4. The molecule has 0 unspecified atom stereocenters. The van der Waals surface area contributed by atoms with Gasteiger partial charge in [0, 0.05) is 23.6 Å². The smallest absolute Gasteiger partial charge is 0.306 e. The van der Waals surface area contributed by atoms with Gasteiger partial charge in [0.25, 0.3) is 11.8 Å². The SMILES string of the molecule is O=C(COC(=O)CCCNC(=O)c1ccc(Cl)cc1)NC(c1ccccc1)c1ccccc1. The number of hydrogen-bond donors (Lipinski definition) is 2. The minimum Gasteiger partial charge on any atom is -0.456 e. The van der Waals surface area contributed by atoms with Gasteiger partial charge in [-0.15, -0.1) is 0 Å². The molecule has 0 aromatic heterocycles. The molecule has 0 radical (unpaired) electrons. The summed E-state index contributed by atoms with van der Waals surface area (Å²) in [4.78, 5) is 36.5. The van der Waals surface area contributed by atoms with Crippen LogP contribution in [0, 0.1) is 0 Å². The molecule has 3 rings (SSSR count). The second-order valence-electron chi connectivity index (χ2n) is 7.35. The van der Waals surface area contributed by atoms with Crippen molar-refractivity contribution in [2.45, 2.75) is 18.9 Å². The van der Waals surface area contributed by atoms with Gasteiger partial charge in [0.1, 0.15) is 0 Å². The van der Waals surface area contributed by atoms with Crippen LogP contribution >= 0.6 is 11.6 Å². The molecular weight excluding hydrogens is 440 g/mol. The molecule has 0 atom stereocenters. The fraction of sp³-hybridized carbons (Fsp3) is 0.192. The highest BCUT2D eigenvalue weighted by Gasteiger charge is 2.17. The zero-order valence-corrected chi connectivity index (χ0v) is 18.8. The van der Waals surface area contributed by atoms with E-state index in [0.29, 0.717) is 23.6 Å². The van der Waals surface area contributed by atoms with Gasteiger partial charge in [-0.3, -0.25) is 14.4 Å². The Kier molecular flexibility index (Phi) is 9.03. The molecule has 0 saturated heterocycles. The maximum absolute atomic E-state index is 12.4. The van der Waals surface area contributed by atoms with Crippen LogP contribution in [0.4, 0.5) is 0 Å². The molecule has 0 fully saturated rings. The minimum absolute atomic E-state index is 0.0922. The van der Waals surface area contributed by atoms with Gasteiger partial charge >= 0.3 is 5.97 Å². The van der Waals surface area contributed by atoms with Gasteiger partial charge in [0.2, 0.25) is 0 Å². The second-order valence-corrected chi connectivity index (χ2v) is 7.79. The van der Waals surface area contributed by atoms with Crippen molar-refractivity contribution >= 4 is 29.4 Å². The van der Waals surface area contributed by atoms with Crippen molar-refractivity contribution in [3.05, 3.63) is 107 Å². The van der Waals surface area contributed by atoms with Crippen LogP contribution in [0.5, 0.6) is 0 Å².